The largest absolute Gasteiger partial charge is 0.383 e. The standard InChI is InChI=1S/C13H23NO3/c1-5-10-6-7-13(8-10,9-14)12(2,15)11(16-3)17-4/h10-11,15H,5-8H2,1-4H3. The second-order valence-corrected chi connectivity index (χ2v) is 5.16. The minimum Gasteiger partial charge on any atom is -0.383 e. The van der Waals surface area contributed by atoms with E-state index in [1.54, 1.807) is 6.92 Å². The van der Waals surface area contributed by atoms with Gasteiger partial charge in [-0.3, -0.25) is 0 Å². The van der Waals surface area contributed by atoms with Crippen molar-refractivity contribution in [1.82, 2.24) is 0 Å². The Morgan fingerprint density at radius 1 is 1.53 bits per heavy atom. The highest BCUT2D eigenvalue weighted by molar-refractivity contribution is 5.14. The molecule has 0 aromatic heterocycles. The van der Waals surface area contributed by atoms with Gasteiger partial charge in [-0.15, -0.1) is 0 Å². The third-order valence-corrected chi connectivity index (χ3v) is 4.26. The molecular weight excluding hydrogens is 218 g/mol. The minimum atomic E-state index is -1.28. The summed E-state index contributed by atoms with van der Waals surface area (Å²) in [6, 6.07) is 2.32. The number of hydrogen-bond donors (Lipinski definition) is 1. The van der Waals surface area contributed by atoms with Crippen molar-refractivity contribution in [2.24, 2.45) is 11.3 Å². The van der Waals surface area contributed by atoms with Crippen LogP contribution in [0.4, 0.5) is 0 Å². The van der Waals surface area contributed by atoms with Gasteiger partial charge in [-0.2, -0.15) is 5.26 Å². The van der Waals surface area contributed by atoms with E-state index in [4.69, 9.17) is 9.47 Å². The molecule has 0 saturated heterocycles. The smallest absolute Gasteiger partial charge is 0.186 e. The molecule has 1 aliphatic carbocycles. The van der Waals surface area contributed by atoms with E-state index in [2.05, 4.69) is 13.0 Å². The Morgan fingerprint density at radius 3 is 2.47 bits per heavy atom. The molecule has 0 aromatic carbocycles. The van der Waals surface area contributed by atoms with Crippen molar-refractivity contribution in [1.29, 1.82) is 5.26 Å². The van der Waals surface area contributed by atoms with Crippen molar-refractivity contribution in [3.63, 3.8) is 0 Å². The highest BCUT2D eigenvalue weighted by atomic mass is 16.7. The molecule has 4 nitrogen and oxygen atoms in total. The van der Waals surface area contributed by atoms with Crippen LogP contribution in [0.5, 0.6) is 0 Å². The fourth-order valence-corrected chi connectivity index (χ4v) is 2.95. The highest BCUT2D eigenvalue weighted by Gasteiger charge is 2.56. The van der Waals surface area contributed by atoms with E-state index >= 15 is 0 Å². The number of rotatable bonds is 5. The molecule has 98 valence electrons. The van der Waals surface area contributed by atoms with E-state index < -0.39 is 17.3 Å². The van der Waals surface area contributed by atoms with E-state index in [0.717, 1.165) is 19.3 Å². The number of ether oxygens (including phenoxy) is 2. The predicted octanol–water partition coefficient (Wildman–Crippen LogP) is 2.08. The van der Waals surface area contributed by atoms with Gasteiger partial charge in [0.1, 0.15) is 5.60 Å². The maximum Gasteiger partial charge on any atom is 0.186 e. The van der Waals surface area contributed by atoms with Crippen LogP contribution in [-0.2, 0) is 9.47 Å². The van der Waals surface area contributed by atoms with Crippen molar-refractivity contribution in [3.8, 4) is 6.07 Å². The van der Waals surface area contributed by atoms with E-state index in [0.29, 0.717) is 12.3 Å². The zero-order chi connectivity index (χ0) is 13.1. The fraction of sp³-hybridized carbons (Fsp3) is 0.923. The van der Waals surface area contributed by atoms with Gasteiger partial charge < -0.3 is 14.6 Å². The SMILES string of the molecule is CCC1CCC(C#N)(C(C)(O)C(OC)OC)C1. The molecule has 0 aromatic rings. The number of nitriles is 1. The molecule has 17 heavy (non-hydrogen) atoms. The Labute approximate surface area is 104 Å². The van der Waals surface area contributed by atoms with Crippen molar-refractivity contribution in [2.75, 3.05) is 14.2 Å². The minimum absolute atomic E-state index is 0.510. The lowest BCUT2D eigenvalue weighted by atomic mass is 9.71. The molecule has 0 aliphatic heterocycles. The molecule has 1 aliphatic rings. The van der Waals surface area contributed by atoms with Crippen molar-refractivity contribution in [3.05, 3.63) is 0 Å². The van der Waals surface area contributed by atoms with Crippen LogP contribution in [0.15, 0.2) is 0 Å². The molecular formula is C13H23NO3. The van der Waals surface area contributed by atoms with E-state index in [1.807, 2.05) is 0 Å². The summed E-state index contributed by atoms with van der Waals surface area (Å²) in [5.74, 6) is 0.510. The van der Waals surface area contributed by atoms with Gasteiger partial charge in [0.2, 0.25) is 0 Å². The monoisotopic (exact) mass is 241 g/mol. The van der Waals surface area contributed by atoms with Crippen LogP contribution in [0.25, 0.3) is 0 Å². The predicted molar refractivity (Wildman–Crippen MR) is 64.1 cm³/mol. The molecule has 0 radical (unpaired) electrons. The van der Waals surface area contributed by atoms with Gasteiger partial charge in [0.05, 0.1) is 11.5 Å². The average molecular weight is 241 g/mol. The Morgan fingerprint density at radius 2 is 2.12 bits per heavy atom. The first-order valence-corrected chi connectivity index (χ1v) is 6.16. The van der Waals surface area contributed by atoms with Crippen LogP contribution in [0.3, 0.4) is 0 Å². The lowest BCUT2D eigenvalue weighted by molar-refractivity contribution is -0.240. The Hall–Kier alpha value is -0.630. The van der Waals surface area contributed by atoms with E-state index in [1.165, 1.54) is 14.2 Å². The second-order valence-electron chi connectivity index (χ2n) is 5.16. The first kappa shape index (κ1) is 14.4. The maximum atomic E-state index is 10.7. The number of aliphatic hydroxyl groups is 1. The van der Waals surface area contributed by atoms with Crippen LogP contribution < -0.4 is 0 Å². The molecule has 3 unspecified atom stereocenters. The lowest BCUT2D eigenvalue weighted by Gasteiger charge is -2.41. The third-order valence-electron chi connectivity index (χ3n) is 4.26. The molecule has 4 heteroatoms. The summed E-state index contributed by atoms with van der Waals surface area (Å²) in [5.41, 5.74) is -2.04. The van der Waals surface area contributed by atoms with Gasteiger partial charge >= 0.3 is 0 Å². The van der Waals surface area contributed by atoms with Crippen molar-refractivity contribution in [2.45, 2.75) is 51.4 Å². The Kier molecular flexibility index (Phi) is 4.54. The van der Waals surface area contributed by atoms with E-state index in [-0.39, 0.29) is 0 Å². The molecule has 1 rings (SSSR count). The molecule has 1 saturated carbocycles. The van der Waals surface area contributed by atoms with Gasteiger partial charge in [-0.1, -0.05) is 13.3 Å². The quantitative estimate of drug-likeness (QED) is 0.748. The summed E-state index contributed by atoms with van der Waals surface area (Å²) in [6.45, 7) is 3.77. The summed E-state index contributed by atoms with van der Waals surface area (Å²) in [5, 5.41) is 20.1. The summed E-state index contributed by atoms with van der Waals surface area (Å²) >= 11 is 0. The Balaban J connectivity index is 2.98. The van der Waals surface area contributed by atoms with Crippen LogP contribution >= 0.6 is 0 Å². The van der Waals surface area contributed by atoms with Crippen LogP contribution in [0.2, 0.25) is 0 Å². The third kappa shape index (κ3) is 2.33. The number of hydrogen-bond acceptors (Lipinski definition) is 4. The number of methoxy groups -OCH3 is 2. The van der Waals surface area contributed by atoms with Crippen LogP contribution in [-0.4, -0.2) is 31.2 Å². The normalized spacial score (nSPS) is 32.4. The molecule has 1 N–H and O–H groups in total. The maximum absolute atomic E-state index is 10.7. The highest BCUT2D eigenvalue weighted by Crippen LogP contribution is 2.51. The first-order valence-electron chi connectivity index (χ1n) is 6.16. The van der Waals surface area contributed by atoms with Crippen LogP contribution in [0, 0.1) is 22.7 Å². The topological polar surface area (TPSA) is 62.5 Å². The zero-order valence-corrected chi connectivity index (χ0v) is 11.2. The zero-order valence-electron chi connectivity index (χ0n) is 11.2. The van der Waals surface area contributed by atoms with Gasteiger partial charge in [-0.05, 0) is 32.1 Å². The van der Waals surface area contributed by atoms with Crippen molar-refractivity contribution >= 4 is 0 Å². The van der Waals surface area contributed by atoms with Crippen LogP contribution in [0.1, 0.15) is 39.5 Å². The second kappa shape index (κ2) is 5.34. The lowest BCUT2D eigenvalue weighted by Crippen LogP contribution is -2.54. The molecule has 0 amide bonds. The summed E-state index contributed by atoms with van der Waals surface area (Å²) in [6.07, 6.45) is 2.69. The molecule has 1 fully saturated rings. The Bertz CT molecular complexity index is 294. The van der Waals surface area contributed by atoms with Gasteiger partial charge in [0.15, 0.2) is 6.29 Å². The summed E-state index contributed by atoms with van der Waals surface area (Å²) < 4.78 is 10.3. The first-order chi connectivity index (χ1) is 7.97. The van der Waals surface area contributed by atoms with Crippen molar-refractivity contribution < 1.29 is 14.6 Å². The summed E-state index contributed by atoms with van der Waals surface area (Å²) in [4.78, 5) is 0. The number of nitrogens with zero attached hydrogens (tertiary/aromatic N) is 1. The fourth-order valence-electron chi connectivity index (χ4n) is 2.95. The molecule has 0 heterocycles. The summed E-state index contributed by atoms with van der Waals surface area (Å²) in [7, 11) is 2.97. The molecule has 3 atom stereocenters. The molecule has 0 bridgehead atoms. The van der Waals surface area contributed by atoms with E-state index in [9.17, 15) is 10.4 Å². The molecule has 0 spiro atoms. The van der Waals surface area contributed by atoms with Gasteiger partial charge in [0, 0.05) is 14.2 Å². The average Bonchev–Trinajstić information content (AvgIpc) is 2.75. The van der Waals surface area contributed by atoms with Gasteiger partial charge in [-0.25, -0.2) is 0 Å². The van der Waals surface area contributed by atoms with Gasteiger partial charge in [0.25, 0.3) is 0 Å².